The molecule has 0 bridgehead atoms. The molecule has 1 aliphatic heterocycles. The highest BCUT2D eigenvalue weighted by Gasteiger charge is 2.41. The minimum absolute atomic E-state index is 0.108. The van der Waals surface area contributed by atoms with Crippen LogP contribution in [0.25, 0.3) is 0 Å². The van der Waals surface area contributed by atoms with Crippen LogP contribution in [0.5, 0.6) is 11.5 Å². The van der Waals surface area contributed by atoms with Crippen LogP contribution in [-0.4, -0.2) is 37.5 Å². The lowest BCUT2D eigenvalue weighted by Gasteiger charge is -2.36. The molecule has 1 heterocycles. The Hall–Kier alpha value is -4.14. The van der Waals surface area contributed by atoms with E-state index in [1.54, 1.807) is 33.3 Å². The number of nitro benzene ring substituents is 1. The third kappa shape index (κ3) is 5.07. The molecule has 0 aromatic heterocycles. The molecule has 37 heavy (non-hydrogen) atoms. The molecule has 0 saturated heterocycles. The van der Waals surface area contributed by atoms with Gasteiger partial charge in [0.15, 0.2) is 17.3 Å². The first-order valence-corrected chi connectivity index (χ1v) is 12.2. The zero-order valence-corrected chi connectivity index (χ0v) is 21.3. The van der Waals surface area contributed by atoms with Gasteiger partial charge < -0.3 is 19.5 Å². The standard InChI is InChI=1S/C28H30N2O7/c1-5-11-37-28(32)25-16(2)29-21-13-19(17-9-10-23(35-3)24(15-17)36-4)14-22(31)27(21)26(25)18-7-6-8-20(12-18)30(33)34/h6-10,12,15,19,26,29H,5,11,13-14H2,1-4H3/t19-,26-/m0/s1. The highest BCUT2D eigenvalue weighted by Crippen LogP contribution is 2.46. The van der Waals surface area contributed by atoms with Crippen molar-refractivity contribution in [3.63, 3.8) is 0 Å². The number of Topliss-reactive ketones (excluding diaryl/α,β-unsaturated/α-hetero) is 1. The number of nitrogens with zero attached hydrogens (tertiary/aromatic N) is 1. The molecule has 2 aliphatic rings. The molecule has 1 N–H and O–H groups in total. The molecule has 9 heteroatoms. The predicted molar refractivity (Wildman–Crippen MR) is 136 cm³/mol. The van der Waals surface area contributed by atoms with Crippen LogP contribution >= 0.6 is 0 Å². The van der Waals surface area contributed by atoms with E-state index < -0.39 is 16.8 Å². The minimum atomic E-state index is -0.764. The van der Waals surface area contributed by atoms with Gasteiger partial charge in [-0.05, 0) is 48.9 Å². The van der Waals surface area contributed by atoms with Gasteiger partial charge in [0.25, 0.3) is 5.69 Å². The summed E-state index contributed by atoms with van der Waals surface area (Å²) in [4.78, 5) is 37.9. The Morgan fingerprint density at radius 3 is 2.51 bits per heavy atom. The number of non-ortho nitro benzene ring substituents is 1. The second-order valence-corrected chi connectivity index (χ2v) is 9.12. The Labute approximate surface area is 215 Å². The van der Waals surface area contributed by atoms with Gasteiger partial charge in [-0.1, -0.05) is 25.1 Å². The number of hydrogen-bond donors (Lipinski definition) is 1. The number of carbonyl (C=O) groups excluding carboxylic acids is 2. The van der Waals surface area contributed by atoms with Crippen LogP contribution in [0, 0.1) is 10.1 Å². The monoisotopic (exact) mass is 506 g/mol. The summed E-state index contributed by atoms with van der Waals surface area (Å²) in [6.07, 6.45) is 1.39. The summed E-state index contributed by atoms with van der Waals surface area (Å²) in [5, 5.41) is 14.8. The van der Waals surface area contributed by atoms with Gasteiger partial charge in [-0.2, -0.15) is 0 Å². The first kappa shape index (κ1) is 25.9. The van der Waals surface area contributed by atoms with Crippen LogP contribution in [0.2, 0.25) is 0 Å². The van der Waals surface area contributed by atoms with E-state index in [4.69, 9.17) is 14.2 Å². The first-order valence-electron chi connectivity index (χ1n) is 12.2. The Morgan fingerprint density at radius 1 is 1.08 bits per heavy atom. The number of nitro groups is 1. The summed E-state index contributed by atoms with van der Waals surface area (Å²) in [6.45, 7) is 3.89. The van der Waals surface area contributed by atoms with E-state index in [1.807, 2.05) is 25.1 Å². The molecule has 0 saturated carbocycles. The number of allylic oxidation sites excluding steroid dienone is 3. The third-order valence-corrected chi connectivity index (χ3v) is 6.78. The summed E-state index contributed by atoms with van der Waals surface area (Å²) in [6, 6.07) is 11.7. The summed E-state index contributed by atoms with van der Waals surface area (Å²) in [7, 11) is 3.13. The summed E-state index contributed by atoms with van der Waals surface area (Å²) >= 11 is 0. The second kappa shape index (κ2) is 10.9. The van der Waals surface area contributed by atoms with Gasteiger partial charge in [-0.3, -0.25) is 14.9 Å². The van der Waals surface area contributed by atoms with E-state index in [-0.39, 0.29) is 30.4 Å². The van der Waals surface area contributed by atoms with Crippen LogP contribution in [0.15, 0.2) is 65.0 Å². The van der Waals surface area contributed by atoms with Gasteiger partial charge in [-0.15, -0.1) is 0 Å². The molecule has 0 amide bonds. The quantitative estimate of drug-likeness (QED) is 0.304. The van der Waals surface area contributed by atoms with Gasteiger partial charge in [0.05, 0.1) is 31.3 Å². The van der Waals surface area contributed by atoms with Crippen molar-refractivity contribution in [2.24, 2.45) is 0 Å². The molecule has 0 unspecified atom stereocenters. The van der Waals surface area contributed by atoms with Gasteiger partial charge in [-0.25, -0.2) is 4.79 Å². The number of rotatable bonds is 8. The van der Waals surface area contributed by atoms with Crippen LogP contribution < -0.4 is 14.8 Å². The number of ketones is 1. The molecule has 194 valence electrons. The van der Waals surface area contributed by atoms with Crippen molar-refractivity contribution in [3.05, 3.63) is 86.2 Å². The Morgan fingerprint density at radius 2 is 1.84 bits per heavy atom. The van der Waals surface area contributed by atoms with Crippen molar-refractivity contribution in [1.82, 2.24) is 5.32 Å². The number of dihydropyridines is 1. The van der Waals surface area contributed by atoms with E-state index in [9.17, 15) is 19.7 Å². The fourth-order valence-electron chi connectivity index (χ4n) is 5.08. The number of esters is 1. The average molecular weight is 507 g/mol. The van der Waals surface area contributed by atoms with Crippen LogP contribution in [0.3, 0.4) is 0 Å². The van der Waals surface area contributed by atoms with Gasteiger partial charge in [0, 0.05) is 41.4 Å². The molecule has 0 fully saturated rings. The maximum atomic E-state index is 13.7. The number of ether oxygens (including phenoxy) is 3. The molecular formula is C28H30N2O7. The molecule has 1 aliphatic carbocycles. The van der Waals surface area contributed by atoms with E-state index in [0.717, 1.165) is 5.56 Å². The Bertz CT molecular complexity index is 1310. The van der Waals surface area contributed by atoms with Gasteiger partial charge >= 0.3 is 5.97 Å². The minimum Gasteiger partial charge on any atom is -0.493 e. The molecule has 9 nitrogen and oxygen atoms in total. The smallest absolute Gasteiger partial charge is 0.336 e. The summed E-state index contributed by atoms with van der Waals surface area (Å²) in [5.41, 5.74) is 3.35. The molecular weight excluding hydrogens is 476 g/mol. The van der Waals surface area contributed by atoms with Crippen LogP contribution in [0.4, 0.5) is 5.69 Å². The SMILES string of the molecule is CCCOC(=O)C1=C(C)NC2=C(C(=O)C[C@@H](c3ccc(OC)c(OC)c3)C2)[C@H]1c1cccc([N+](=O)[O-])c1. The van der Waals surface area contributed by atoms with E-state index in [1.165, 1.54) is 12.1 Å². The lowest BCUT2D eigenvalue weighted by atomic mass is 9.71. The maximum absolute atomic E-state index is 13.7. The van der Waals surface area contributed by atoms with Crippen molar-refractivity contribution >= 4 is 17.4 Å². The number of methoxy groups -OCH3 is 2. The van der Waals surface area contributed by atoms with Crippen molar-refractivity contribution < 1.29 is 28.7 Å². The van der Waals surface area contributed by atoms with E-state index in [0.29, 0.717) is 52.4 Å². The first-order chi connectivity index (χ1) is 17.8. The number of carbonyl (C=O) groups is 2. The van der Waals surface area contributed by atoms with Crippen molar-refractivity contribution in [2.75, 3.05) is 20.8 Å². The van der Waals surface area contributed by atoms with Crippen molar-refractivity contribution in [3.8, 4) is 11.5 Å². The molecule has 2 aromatic carbocycles. The predicted octanol–water partition coefficient (Wildman–Crippen LogP) is 4.93. The highest BCUT2D eigenvalue weighted by atomic mass is 16.6. The zero-order valence-electron chi connectivity index (χ0n) is 21.3. The lowest BCUT2D eigenvalue weighted by molar-refractivity contribution is -0.384. The number of benzene rings is 2. The molecule has 4 rings (SSSR count). The number of nitrogens with one attached hydrogen (secondary N) is 1. The molecule has 2 atom stereocenters. The van der Waals surface area contributed by atoms with E-state index >= 15 is 0 Å². The third-order valence-electron chi connectivity index (χ3n) is 6.78. The average Bonchev–Trinajstić information content (AvgIpc) is 2.90. The summed E-state index contributed by atoms with van der Waals surface area (Å²) < 4.78 is 16.2. The van der Waals surface area contributed by atoms with Crippen molar-refractivity contribution in [1.29, 1.82) is 0 Å². The molecule has 0 spiro atoms. The maximum Gasteiger partial charge on any atom is 0.336 e. The number of hydrogen-bond acceptors (Lipinski definition) is 8. The second-order valence-electron chi connectivity index (χ2n) is 9.12. The Balaban J connectivity index is 1.79. The van der Waals surface area contributed by atoms with E-state index in [2.05, 4.69) is 5.32 Å². The van der Waals surface area contributed by atoms with Gasteiger partial charge in [0.2, 0.25) is 0 Å². The largest absolute Gasteiger partial charge is 0.493 e. The van der Waals surface area contributed by atoms with Crippen LogP contribution in [0.1, 0.15) is 56.1 Å². The van der Waals surface area contributed by atoms with Crippen LogP contribution in [-0.2, 0) is 14.3 Å². The topological polar surface area (TPSA) is 117 Å². The summed E-state index contributed by atoms with van der Waals surface area (Å²) in [5.74, 6) is -0.368. The van der Waals surface area contributed by atoms with Gasteiger partial charge in [0.1, 0.15) is 0 Å². The highest BCUT2D eigenvalue weighted by molar-refractivity contribution is 6.04. The lowest BCUT2D eigenvalue weighted by Crippen LogP contribution is -2.36. The van der Waals surface area contributed by atoms with Crippen molar-refractivity contribution in [2.45, 2.75) is 44.9 Å². The fraction of sp³-hybridized carbons (Fsp3) is 0.357. The molecule has 0 radical (unpaired) electrons. The normalized spacial score (nSPS) is 19.2. The Kier molecular flexibility index (Phi) is 7.61. The fourth-order valence-corrected chi connectivity index (χ4v) is 5.08. The zero-order chi connectivity index (χ0) is 26.7. The molecule has 2 aromatic rings.